The molecule has 2 aromatic carbocycles. The molecule has 0 aliphatic rings. The second kappa shape index (κ2) is 10.4. The Kier molecular flexibility index (Phi) is 8.19. The number of carbonyl (C=O) groups excluding carboxylic acids is 1. The van der Waals surface area contributed by atoms with Crippen LogP contribution in [0.2, 0.25) is 0 Å². The van der Waals surface area contributed by atoms with E-state index in [1.807, 2.05) is 19.1 Å². The van der Waals surface area contributed by atoms with Gasteiger partial charge in [-0.2, -0.15) is 4.31 Å². The van der Waals surface area contributed by atoms with Gasteiger partial charge < -0.3 is 10.1 Å². The Morgan fingerprint density at radius 2 is 1.76 bits per heavy atom. The summed E-state index contributed by atoms with van der Waals surface area (Å²) in [4.78, 5) is 12.2. The number of sulfonamides is 1. The lowest BCUT2D eigenvalue weighted by molar-refractivity contribution is -0.118. The van der Waals surface area contributed by atoms with Crippen molar-refractivity contribution in [1.29, 1.82) is 0 Å². The van der Waals surface area contributed by atoms with Gasteiger partial charge in [0, 0.05) is 23.2 Å². The monoisotopic (exact) mass is 478 g/mol. The Labute approximate surface area is 180 Å². The molecule has 0 saturated carbocycles. The molecule has 0 bridgehead atoms. The minimum Gasteiger partial charge on any atom is -0.484 e. The summed E-state index contributed by atoms with van der Waals surface area (Å²) in [7, 11) is -3.67. The third-order valence-corrected chi connectivity index (χ3v) is 6.68. The van der Waals surface area contributed by atoms with Gasteiger partial charge >= 0.3 is 0 Å². The van der Waals surface area contributed by atoms with Gasteiger partial charge in [0.25, 0.3) is 5.91 Å². The predicted molar refractivity (Wildman–Crippen MR) is 119 cm³/mol. The maximum Gasteiger partial charge on any atom is 0.262 e. The predicted octanol–water partition coefficient (Wildman–Crippen LogP) is 4.14. The second-order valence-corrected chi connectivity index (χ2v) is 8.96. The molecule has 1 N–H and O–H groups in total. The van der Waals surface area contributed by atoms with Crippen LogP contribution >= 0.6 is 15.9 Å². The van der Waals surface area contributed by atoms with E-state index in [0.29, 0.717) is 11.4 Å². The molecule has 6 nitrogen and oxygen atoms in total. The number of amides is 1. The highest BCUT2D eigenvalue weighted by atomic mass is 79.9. The van der Waals surface area contributed by atoms with Crippen molar-refractivity contribution in [3.8, 4) is 5.75 Å². The number of anilines is 1. The van der Waals surface area contributed by atoms with Crippen molar-refractivity contribution >= 4 is 37.5 Å². The van der Waals surface area contributed by atoms with E-state index < -0.39 is 10.0 Å². The Hall–Kier alpha value is -2.42. The van der Waals surface area contributed by atoms with Gasteiger partial charge in [-0.25, -0.2) is 8.42 Å². The van der Waals surface area contributed by atoms with Crippen LogP contribution in [0, 0.1) is 6.92 Å². The zero-order valence-corrected chi connectivity index (χ0v) is 18.5. The van der Waals surface area contributed by atoms with E-state index in [4.69, 9.17) is 4.74 Å². The van der Waals surface area contributed by atoms with E-state index in [0.717, 1.165) is 10.0 Å². The Morgan fingerprint density at radius 1 is 1.14 bits per heavy atom. The normalized spacial score (nSPS) is 11.1. The van der Waals surface area contributed by atoms with Crippen LogP contribution in [-0.2, 0) is 14.8 Å². The third kappa shape index (κ3) is 6.28. The number of carbonyl (C=O) groups is 1. The first kappa shape index (κ1) is 22.9. The molecule has 2 aromatic rings. The van der Waals surface area contributed by atoms with Gasteiger partial charge in [0.2, 0.25) is 10.0 Å². The molecule has 0 saturated heterocycles. The number of nitrogens with zero attached hydrogens (tertiary/aromatic N) is 1. The smallest absolute Gasteiger partial charge is 0.262 e. The fourth-order valence-electron chi connectivity index (χ4n) is 2.47. The molecule has 8 heteroatoms. The van der Waals surface area contributed by atoms with Crippen molar-refractivity contribution < 1.29 is 17.9 Å². The van der Waals surface area contributed by atoms with Gasteiger partial charge in [-0.05, 0) is 55.0 Å². The van der Waals surface area contributed by atoms with Crippen molar-refractivity contribution in [2.24, 2.45) is 0 Å². The molecule has 0 fully saturated rings. The van der Waals surface area contributed by atoms with Crippen molar-refractivity contribution in [1.82, 2.24) is 4.31 Å². The first-order valence-corrected chi connectivity index (χ1v) is 11.0. The molecule has 29 heavy (non-hydrogen) atoms. The minimum atomic E-state index is -3.67. The number of halogens is 1. The lowest BCUT2D eigenvalue weighted by atomic mass is 10.2. The molecule has 0 radical (unpaired) electrons. The molecule has 154 valence electrons. The number of rotatable bonds is 10. The SMILES string of the molecule is C=CCN(CC=C)S(=O)(=O)c1ccc(NC(=O)COc2ccc(Br)c(C)c2)cc1. The van der Waals surface area contributed by atoms with E-state index >= 15 is 0 Å². The molecule has 1 amide bonds. The fourth-order valence-corrected chi connectivity index (χ4v) is 4.10. The fraction of sp³-hybridized carbons (Fsp3) is 0.190. The summed E-state index contributed by atoms with van der Waals surface area (Å²) >= 11 is 3.41. The summed E-state index contributed by atoms with van der Waals surface area (Å²) in [5, 5.41) is 2.68. The van der Waals surface area contributed by atoms with Crippen LogP contribution in [0.15, 0.2) is 77.1 Å². The van der Waals surface area contributed by atoms with Crippen LogP contribution in [-0.4, -0.2) is 38.3 Å². The van der Waals surface area contributed by atoms with Crippen LogP contribution in [0.25, 0.3) is 0 Å². The average Bonchev–Trinajstić information content (AvgIpc) is 2.69. The number of hydrogen-bond acceptors (Lipinski definition) is 4. The van der Waals surface area contributed by atoms with E-state index in [9.17, 15) is 13.2 Å². The van der Waals surface area contributed by atoms with Crippen molar-refractivity contribution in [3.05, 3.63) is 77.8 Å². The van der Waals surface area contributed by atoms with Gasteiger partial charge in [-0.1, -0.05) is 28.1 Å². The standard InChI is InChI=1S/C21H23BrN2O4S/c1-4-12-24(13-5-2)29(26,27)19-9-6-17(7-10-19)23-21(25)15-28-18-8-11-20(22)16(3)14-18/h4-11,14H,1-2,12-13,15H2,3H3,(H,23,25). The molecular weight excluding hydrogens is 456 g/mol. The number of ether oxygens (including phenoxy) is 1. The molecule has 0 spiro atoms. The van der Waals surface area contributed by atoms with E-state index in [2.05, 4.69) is 34.4 Å². The highest BCUT2D eigenvalue weighted by Gasteiger charge is 2.22. The molecule has 0 aliphatic heterocycles. The van der Waals surface area contributed by atoms with Crippen LogP contribution in [0.4, 0.5) is 5.69 Å². The summed E-state index contributed by atoms with van der Waals surface area (Å²) in [6, 6.07) is 11.4. The highest BCUT2D eigenvalue weighted by molar-refractivity contribution is 9.10. The topological polar surface area (TPSA) is 75.7 Å². The van der Waals surface area contributed by atoms with Gasteiger partial charge in [0.05, 0.1) is 4.90 Å². The molecule has 0 atom stereocenters. The van der Waals surface area contributed by atoms with Crippen LogP contribution in [0.5, 0.6) is 5.75 Å². The van der Waals surface area contributed by atoms with Crippen molar-refractivity contribution in [2.75, 3.05) is 25.0 Å². The second-order valence-electron chi connectivity index (χ2n) is 6.17. The quantitative estimate of drug-likeness (QED) is 0.520. The Morgan fingerprint density at radius 3 is 2.31 bits per heavy atom. The maximum absolute atomic E-state index is 12.7. The van der Waals surface area contributed by atoms with Crippen molar-refractivity contribution in [3.63, 3.8) is 0 Å². The number of hydrogen-bond donors (Lipinski definition) is 1. The third-order valence-electron chi connectivity index (χ3n) is 3.94. The molecule has 2 rings (SSSR count). The lowest BCUT2D eigenvalue weighted by Crippen LogP contribution is -2.31. The molecular formula is C21H23BrN2O4S. The Balaban J connectivity index is 2.00. The summed E-state index contributed by atoms with van der Waals surface area (Å²) in [5.41, 5.74) is 1.48. The van der Waals surface area contributed by atoms with E-state index in [1.165, 1.54) is 40.7 Å². The van der Waals surface area contributed by atoms with Crippen molar-refractivity contribution in [2.45, 2.75) is 11.8 Å². The summed E-state index contributed by atoms with van der Waals surface area (Å²) in [5.74, 6) is 0.243. The summed E-state index contributed by atoms with van der Waals surface area (Å²) < 4.78 is 33.1. The average molecular weight is 479 g/mol. The van der Waals surface area contributed by atoms with Gasteiger partial charge in [0.15, 0.2) is 6.61 Å². The first-order chi connectivity index (χ1) is 13.8. The van der Waals surface area contributed by atoms with E-state index in [-0.39, 0.29) is 30.5 Å². The van der Waals surface area contributed by atoms with Crippen LogP contribution < -0.4 is 10.1 Å². The molecule has 0 heterocycles. The number of nitrogens with one attached hydrogen (secondary N) is 1. The zero-order valence-electron chi connectivity index (χ0n) is 16.1. The van der Waals surface area contributed by atoms with Gasteiger partial charge in [0.1, 0.15) is 5.75 Å². The van der Waals surface area contributed by atoms with Crippen LogP contribution in [0.3, 0.4) is 0 Å². The lowest BCUT2D eigenvalue weighted by Gasteiger charge is -2.19. The number of aryl methyl sites for hydroxylation is 1. The zero-order chi connectivity index (χ0) is 21.4. The molecule has 0 aromatic heterocycles. The Bertz CT molecular complexity index is 978. The van der Waals surface area contributed by atoms with E-state index in [1.54, 1.807) is 6.07 Å². The first-order valence-electron chi connectivity index (χ1n) is 8.78. The molecule has 0 unspecified atom stereocenters. The van der Waals surface area contributed by atoms with Crippen LogP contribution in [0.1, 0.15) is 5.56 Å². The largest absolute Gasteiger partial charge is 0.484 e. The highest BCUT2D eigenvalue weighted by Crippen LogP contribution is 2.22. The summed E-state index contributed by atoms with van der Waals surface area (Å²) in [6.07, 6.45) is 3.03. The number of benzene rings is 2. The van der Waals surface area contributed by atoms with Gasteiger partial charge in [-0.3, -0.25) is 4.79 Å². The minimum absolute atomic E-state index is 0.126. The molecule has 0 aliphatic carbocycles. The van der Waals surface area contributed by atoms with Gasteiger partial charge in [-0.15, -0.1) is 13.2 Å². The summed E-state index contributed by atoms with van der Waals surface area (Å²) in [6.45, 7) is 9.30. The maximum atomic E-state index is 12.7.